The quantitative estimate of drug-likeness (QED) is 0.885. The molecule has 4 rings (SSSR count). The van der Waals surface area contributed by atoms with Gasteiger partial charge in [-0.3, -0.25) is 9.59 Å². The van der Waals surface area contributed by atoms with Crippen LogP contribution in [-0.4, -0.2) is 36.5 Å². The van der Waals surface area contributed by atoms with E-state index in [1.54, 1.807) is 30.3 Å². The second-order valence-corrected chi connectivity index (χ2v) is 7.48. The van der Waals surface area contributed by atoms with Crippen molar-refractivity contribution in [2.24, 2.45) is 0 Å². The second kappa shape index (κ2) is 7.62. The molecule has 0 radical (unpaired) electrons. The summed E-state index contributed by atoms with van der Waals surface area (Å²) in [5, 5.41) is 2.86. The van der Waals surface area contributed by atoms with E-state index in [2.05, 4.69) is 10.2 Å². The first-order valence-electron chi connectivity index (χ1n) is 9.75. The van der Waals surface area contributed by atoms with Gasteiger partial charge in [0.05, 0.1) is 11.3 Å². The van der Waals surface area contributed by atoms with Crippen molar-refractivity contribution in [1.82, 2.24) is 10.2 Å². The number of carbonyl (C=O) groups excluding carboxylic acids is 2. The molecule has 2 amide bonds. The summed E-state index contributed by atoms with van der Waals surface area (Å²) in [5.41, 5.74) is 2.80. The minimum Gasteiger partial charge on any atom is -0.354 e. The Labute approximate surface area is 164 Å². The Morgan fingerprint density at radius 3 is 2.71 bits per heavy atom. The Hall–Kier alpha value is -2.89. The van der Waals surface area contributed by atoms with E-state index in [1.165, 1.54) is 12.1 Å². The average molecular weight is 381 g/mol. The van der Waals surface area contributed by atoms with E-state index >= 15 is 0 Å². The van der Waals surface area contributed by atoms with Crippen LogP contribution in [-0.2, 0) is 6.54 Å². The van der Waals surface area contributed by atoms with E-state index in [4.69, 9.17) is 0 Å². The van der Waals surface area contributed by atoms with Crippen molar-refractivity contribution in [1.29, 1.82) is 0 Å². The summed E-state index contributed by atoms with van der Waals surface area (Å²) in [6.07, 6.45) is 4.28. The molecular weight excluding hydrogens is 357 g/mol. The first-order valence-corrected chi connectivity index (χ1v) is 9.75. The minimum atomic E-state index is -0.301. The van der Waals surface area contributed by atoms with E-state index in [-0.39, 0.29) is 23.8 Å². The fourth-order valence-electron chi connectivity index (χ4n) is 4.08. The van der Waals surface area contributed by atoms with Gasteiger partial charge in [0, 0.05) is 25.7 Å². The molecule has 0 aromatic heterocycles. The van der Waals surface area contributed by atoms with Crippen molar-refractivity contribution in [2.75, 3.05) is 18.5 Å². The summed E-state index contributed by atoms with van der Waals surface area (Å²) in [6, 6.07) is 11.3. The smallest absolute Gasteiger partial charge is 0.257 e. The van der Waals surface area contributed by atoms with E-state index in [9.17, 15) is 14.0 Å². The van der Waals surface area contributed by atoms with Gasteiger partial charge in [-0.1, -0.05) is 18.6 Å². The topological polar surface area (TPSA) is 52.7 Å². The van der Waals surface area contributed by atoms with Gasteiger partial charge in [0.15, 0.2) is 0 Å². The normalized spacial score (nSPS) is 18.9. The van der Waals surface area contributed by atoms with Crippen molar-refractivity contribution in [3.8, 4) is 0 Å². The molecule has 2 aromatic carbocycles. The fraction of sp³-hybridized carbons (Fsp3) is 0.364. The minimum absolute atomic E-state index is 0.0540. The summed E-state index contributed by atoms with van der Waals surface area (Å²) in [6.45, 7) is 1.11. The number of benzene rings is 2. The molecule has 28 heavy (non-hydrogen) atoms. The molecule has 5 nitrogen and oxygen atoms in total. The third-order valence-corrected chi connectivity index (χ3v) is 5.67. The molecule has 2 aliphatic heterocycles. The predicted octanol–water partition coefficient (Wildman–Crippen LogP) is 3.55. The van der Waals surface area contributed by atoms with Crippen LogP contribution in [0.2, 0.25) is 0 Å². The van der Waals surface area contributed by atoms with Crippen LogP contribution >= 0.6 is 0 Å². The zero-order valence-electron chi connectivity index (χ0n) is 16.0. The predicted molar refractivity (Wildman–Crippen MR) is 106 cm³/mol. The lowest BCUT2D eigenvalue weighted by Crippen LogP contribution is -2.53. The standard InChI is InChI=1S/C22H24FN3O2/c1-25-19-13-16(21(27)24-14-15-6-9-17(23)10-7-15)8-11-18(19)22(28)26-12-4-2-3-5-20(25)26/h6-11,13,20H,2-5,12,14H2,1H3,(H,24,27)/t20-/m0/s1. The number of rotatable bonds is 3. The van der Waals surface area contributed by atoms with Gasteiger partial charge in [-0.15, -0.1) is 0 Å². The third-order valence-electron chi connectivity index (χ3n) is 5.67. The Morgan fingerprint density at radius 2 is 1.93 bits per heavy atom. The molecule has 0 saturated carbocycles. The highest BCUT2D eigenvalue weighted by molar-refractivity contribution is 6.04. The van der Waals surface area contributed by atoms with Gasteiger partial charge in [0.1, 0.15) is 12.0 Å². The monoisotopic (exact) mass is 381 g/mol. The molecule has 1 saturated heterocycles. The van der Waals surface area contributed by atoms with Crippen LogP contribution in [0.1, 0.15) is 52.0 Å². The van der Waals surface area contributed by atoms with Gasteiger partial charge < -0.3 is 15.1 Å². The molecule has 0 aliphatic carbocycles. The molecule has 6 heteroatoms. The summed E-state index contributed by atoms with van der Waals surface area (Å²) >= 11 is 0. The summed E-state index contributed by atoms with van der Waals surface area (Å²) in [7, 11) is 1.99. The maximum absolute atomic E-state index is 13.0. The molecule has 0 spiro atoms. The van der Waals surface area contributed by atoms with Crippen molar-refractivity contribution in [3.05, 3.63) is 65.0 Å². The van der Waals surface area contributed by atoms with Crippen molar-refractivity contribution < 1.29 is 14.0 Å². The molecule has 1 fully saturated rings. The first kappa shape index (κ1) is 18.5. The van der Waals surface area contributed by atoms with E-state index in [0.717, 1.165) is 43.5 Å². The zero-order valence-corrected chi connectivity index (χ0v) is 16.0. The Kier molecular flexibility index (Phi) is 5.03. The highest BCUT2D eigenvalue weighted by Crippen LogP contribution is 2.34. The Bertz CT molecular complexity index is 897. The zero-order chi connectivity index (χ0) is 19.7. The summed E-state index contributed by atoms with van der Waals surface area (Å²) in [5.74, 6) is -0.459. The second-order valence-electron chi connectivity index (χ2n) is 7.48. The van der Waals surface area contributed by atoms with Gasteiger partial charge in [0.25, 0.3) is 11.8 Å². The number of nitrogens with zero attached hydrogens (tertiary/aromatic N) is 2. The number of nitrogens with one attached hydrogen (secondary N) is 1. The van der Waals surface area contributed by atoms with Crippen molar-refractivity contribution >= 4 is 17.5 Å². The number of anilines is 1. The van der Waals surface area contributed by atoms with E-state index in [0.29, 0.717) is 17.7 Å². The van der Waals surface area contributed by atoms with Gasteiger partial charge in [-0.25, -0.2) is 4.39 Å². The van der Waals surface area contributed by atoms with Crippen LogP contribution in [0.5, 0.6) is 0 Å². The number of hydrogen-bond acceptors (Lipinski definition) is 3. The van der Waals surface area contributed by atoms with Crippen LogP contribution in [0.25, 0.3) is 0 Å². The SMILES string of the molecule is CN1c2cc(C(=O)NCc3ccc(F)cc3)ccc2C(=O)N2CCCCC[C@H]21. The van der Waals surface area contributed by atoms with Gasteiger partial charge in [0.2, 0.25) is 0 Å². The van der Waals surface area contributed by atoms with Crippen LogP contribution in [0.4, 0.5) is 10.1 Å². The van der Waals surface area contributed by atoms with Crippen LogP contribution < -0.4 is 10.2 Å². The molecule has 2 aromatic rings. The fourth-order valence-corrected chi connectivity index (χ4v) is 4.08. The van der Waals surface area contributed by atoms with Crippen LogP contribution in [0.15, 0.2) is 42.5 Å². The average Bonchev–Trinajstić information content (AvgIpc) is 2.97. The maximum atomic E-state index is 13.0. The molecule has 146 valence electrons. The number of fused-ring (bicyclic) bond motifs is 2. The molecule has 1 atom stereocenters. The lowest BCUT2D eigenvalue weighted by molar-refractivity contribution is 0.0661. The van der Waals surface area contributed by atoms with E-state index < -0.39 is 0 Å². The van der Waals surface area contributed by atoms with Crippen molar-refractivity contribution in [2.45, 2.75) is 38.4 Å². The number of carbonyl (C=O) groups is 2. The molecule has 1 N–H and O–H groups in total. The maximum Gasteiger partial charge on any atom is 0.257 e. The molecular formula is C22H24FN3O2. The van der Waals surface area contributed by atoms with E-state index in [1.807, 2.05) is 11.9 Å². The highest BCUT2D eigenvalue weighted by atomic mass is 19.1. The molecule has 0 unspecified atom stereocenters. The molecule has 2 aliphatic rings. The van der Waals surface area contributed by atoms with Gasteiger partial charge in [-0.05, 0) is 55.2 Å². The number of halogens is 1. The largest absolute Gasteiger partial charge is 0.354 e. The lowest BCUT2D eigenvalue weighted by Gasteiger charge is -2.43. The summed E-state index contributed by atoms with van der Waals surface area (Å²) in [4.78, 5) is 29.6. The van der Waals surface area contributed by atoms with Crippen LogP contribution in [0.3, 0.4) is 0 Å². The third kappa shape index (κ3) is 3.46. The van der Waals surface area contributed by atoms with Gasteiger partial charge in [-0.2, -0.15) is 0 Å². The molecule has 0 bridgehead atoms. The Balaban J connectivity index is 1.54. The first-order chi connectivity index (χ1) is 13.5. The van der Waals surface area contributed by atoms with Crippen molar-refractivity contribution in [3.63, 3.8) is 0 Å². The Morgan fingerprint density at radius 1 is 1.14 bits per heavy atom. The summed E-state index contributed by atoms with van der Waals surface area (Å²) < 4.78 is 13.0. The van der Waals surface area contributed by atoms with Crippen LogP contribution in [0, 0.1) is 5.82 Å². The number of hydrogen-bond donors (Lipinski definition) is 1. The number of amides is 2. The highest BCUT2D eigenvalue weighted by Gasteiger charge is 2.36. The molecule has 2 heterocycles. The van der Waals surface area contributed by atoms with Gasteiger partial charge >= 0.3 is 0 Å². The lowest BCUT2D eigenvalue weighted by atomic mass is 10.0.